The van der Waals surface area contributed by atoms with Gasteiger partial charge < -0.3 is 10.1 Å². The average Bonchev–Trinajstić information content (AvgIpc) is 3.15. The highest BCUT2D eigenvalue weighted by Gasteiger charge is 2.11. The third kappa shape index (κ3) is 4.73. The summed E-state index contributed by atoms with van der Waals surface area (Å²) in [5.74, 6) is 0.0102. The van der Waals surface area contributed by atoms with Crippen molar-refractivity contribution in [3.63, 3.8) is 0 Å². The Kier molecular flexibility index (Phi) is 6.38. The highest BCUT2D eigenvalue weighted by molar-refractivity contribution is 9.11. The van der Waals surface area contributed by atoms with Gasteiger partial charge in [0.2, 0.25) is 5.91 Å². The first-order chi connectivity index (χ1) is 15.3. The van der Waals surface area contributed by atoms with Crippen molar-refractivity contribution < 1.29 is 13.9 Å². The maximum atomic E-state index is 13.2. The second-order valence-corrected chi connectivity index (χ2v) is 8.72. The summed E-state index contributed by atoms with van der Waals surface area (Å²) in [4.78, 5) is 14.0. The molecule has 1 N–H and O–H groups in total. The van der Waals surface area contributed by atoms with E-state index in [1.54, 1.807) is 31.4 Å². The number of halogens is 3. The Morgan fingerprint density at radius 1 is 1.09 bits per heavy atom. The monoisotopic (exact) mass is 558 g/mol. The van der Waals surface area contributed by atoms with Gasteiger partial charge in [-0.05, 0) is 83.0 Å². The zero-order chi connectivity index (χ0) is 22.8. The molecule has 4 rings (SSSR count). The third-order valence-electron chi connectivity index (χ3n) is 4.70. The number of anilines is 1. The first-order valence-corrected chi connectivity index (χ1v) is 11.1. The van der Waals surface area contributed by atoms with Crippen LogP contribution in [0.1, 0.15) is 11.1 Å². The number of nitrogens with zero attached hydrogens (tertiary/aromatic N) is 3. The van der Waals surface area contributed by atoms with Crippen LogP contribution in [0.3, 0.4) is 0 Å². The molecule has 4 aromatic rings. The van der Waals surface area contributed by atoms with E-state index in [2.05, 4.69) is 47.4 Å². The van der Waals surface area contributed by atoms with E-state index in [9.17, 15) is 9.18 Å². The molecule has 3 aromatic carbocycles. The largest absolute Gasteiger partial charge is 0.495 e. The molecular weight excluding hydrogens is 543 g/mol. The number of fused-ring (bicyclic) bond motifs is 1. The molecule has 0 saturated heterocycles. The number of hydrogen-bond acceptors (Lipinski definition) is 4. The molecule has 0 unspecified atom stereocenters. The van der Waals surface area contributed by atoms with E-state index in [4.69, 9.17) is 4.74 Å². The summed E-state index contributed by atoms with van der Waals surface area (Å²) in [6.07, 6.45) is 3.12. The van der Waals surface area contributed by atoms with Crippen molar-refractivity contribution in [2.24, 2.45) is 0 Å². The minimum Gasteiger partial charge on any atom is -0.495 e. The summed E-state index contributed by atoms with van der Waals surface area (Å²) in [6, 6.07) is 13.2. The summed E-state index contributed by atoms with van der Waals surface area (Å²) >= 11 is 6.89. The molecule has 1 amide bonds. The van der Waals surface area contributed by atoms with Crippen LogP contribution in [0, 0.1) is 12.7 Å². The van der Waals surface area contributed by atoms with Crippen LogP contribution < -0.4 is 10.1 Å². The minimum atomic E-state index is -0.327. The zero-order valence-corrected chi connectivity index (χ0v) is 20.2. The lowest BCUT2D eigenvalue weighted by Crippen LogP contribution is -2.09. The molecule has 1 aromatic heterocycles. The number of carbonyl (C=O) groups is 1. The Morgan fingerprint density at radius 2 is 1.78 bits per heavy atom. The summed E-state index contributed by atoms with van der Waals surface area (Å²) in [7, 11) is 1.57. The van der Waals surface area contributed by atoms with Crippen LogP contribution in [-0.4, -0.2) is 28.0 Å². The van der Waals surface area contributed by atoms with E-state index in [0.717, 1.165) is 20.1 Å². The standard InChI is InChI=1S/C23H17Br2FN4O2/c1-13-9-20-21(29-30(28-20)17-6-4-16(26)5-7-17)12-19(13)27-22(31)8-3-14-10-15(24)11-18(25)23(14)32-2/h3-12H,1-2H3,(H,27,31)/b8-3+. The van der Waals surface area contributed by atoms with Gasteiger partial charge in [-0.2, -0.15) is 4.80 Å². The van der Waals surface area contributed by atoms with E-state index < -0.39 is 0 Å². The van der Waals surface area contributed by atoms with Gasteiger partial charge in [-0.25, -0.2) is 4.39 Å². The van der Waals surface area contributed by atoms with Crippen LogP contribution in [0.5, 0.6) is 5.75 Å². The zero-order valence-electron chi connectivity index (χ0n) is 17.1. The summed E-state index contributed by atoms with van der Waals surface area (Å²) in [5.41, 5.74) is 4.14. The molecule has 0 aliphatic heterocycles. The van der Waals surface area contributed by atoms with Crippen LogP contribution in [0.4, 0.5) is 10.1 Å². The van der Waals surface area contributed by atoms with Gasteiger partial charge in [-0.1, -0.05) is 15.9 Å². The van der Waals surface area contributed by atoms with E-state index in [0.29, 0.717) is 28.2 Å². The molecule has 9 heteroatoms. The number of amides is 1. The summed E-state index contributed by atoms with van der Waals surface area (Å²) < 4.78 is 20.2. The number of methoxy groups -OCH3 is 1. The maximum Gasteiger partial charge on any atom is 0.248 e. The fourth-order valence-electron chi connectivity index (χ4n) is 3.15. The molecule has 32 heavy (non-hydrogen) atoms. The number of aryl methyl sites for hydroxylation is 1. The topological polar surface area (TPSA) is 69.0 Å². The number of aromatic nitrogens is 3. The first kappa shape index (κ1) is 22.2. The molecule has 162 valence electrons. The molecule has 1 heterocycles. The van der Waals surface area contributed by atoms with Gasteiger partial charge in [0, 0.05) is 21.8 Å². The highest BCUT2D eigenvalue weighted by Crippen LogP contribution is 2.33. The smallest absolute Gasteiger partial charge is 0.248 e. The predicted octanol–water partition coefficient (Wildman–Crippen LogP) is 6.05. The number of benzene rings is 3. The summed E-state index contributed by atoms with van der Waals surface area (Å²) in [6.45, 7) is 1.88. The lowest BCUT2D eigenvalue weighted by atomic mass is 10.1. The van der Waals surface area contributed by atoms with Gasteiger partial charge in [0.1, 0.15) is 22.6 Å². The molecular formula is C23H17Br2FN4O2. The Hall–Kier alpha value is -3.04. The van der Waals surface area contributed by atoms with Crippen LogP contribution >= 0.6 is 31.9 Å². The number of nitrogens with one attached hydrogen (secondary N) is 1. The lowest BCUT2D eigenvalue weighted by Gasteiger charge is -2.09. The molecule has 0 aliphatic carbocycles. The SMILES string of the molecule is COc1c(Br)cc(Br)cc1/C=C/C(=O)Nc1cc2nn(-c3ccc(F)cc3)nc2cc1C. The van der Waals surface area contributed by atoms with Gasteiger partial charge in [-0.15, -0.1) is 10.2 Å². The second kappa shape index (κ2) is 9.22. The van der Waals surface area contributed by atoms with E-state index in [1.807, 2.05) is 25.1 Å². The number of rotatable bonds is 5. The number of carbonyl (C=O) groups excluding carboxylic acids is 1. The molecule has 0 radical (unpaired) electrons. The van der Waals surface area contributed by atoms with Crippen molar-refractivity contribution in [1.29, 1.82) is 0 Å². The molecule has 0 spiro atoms. The van der Waals surface area contributed by atoms with E-state index >= 15 is 0 Å². The first-order valence-electron chi connectivity index (χ1n) is 9.50. The van der Waals surface area contributed by atoms with E-state index in [1.165, 1.54) is 23.0 Å². The molecule has 6 nitrogen and oxygen atoms in total. The van der Waals surface area contributed by atoms with Crippen LogP contribution in [0.25, 0.3) is 22.8 Å². The number of ether oxygens (including phenoxy) is 1. The normalized spacial score (nSPS) is 11.3. The average molecular weight is 560 g/mol. The third-order valence-corrected chi connectivity index (χ3v) is 5.74. The summed E-state index contributed by atoms with van der Waals surface area (Å²) in [5, 5.41) is 11.8. The Balaban J connectivity index is 1.57. The number of hydrogen-bond donors (Lipinski definition) is 1. The van der Waals surface area contributed by atoms with Crippen molar-refractivity contribution in [1.82, 2.24) is 15.0 Å². The Labute approximate surface area is 200 Å². The quantitative estimate of drug-likeness (QED) is 0.302. The van der Waals surface area contributed by atoms with Crippen LogP contribution in [-0.2, 0) is 4.79 Å². The van der Waals surface area contributed by atoms with Crippen molar-refractivity contribution in [2.75, 3.05) is 12.4 Å². The molecule has 0 fully saturated rings. The van der Waals surface area contributed by atoms with Crippen LogP contribution in [0.15, 0.2) is 63.6 Å². The molecule has 0 atom stereocenters. The van der Waals surface area contributed by atoms with Crippen molar-refractivity contribution >= 4 is 60.6 Å². The van der Waals surface area contributed by atoms with Crippen molar-refractivity contribution in [3.8, 4) is 11.4 Å². The van der Waals surface area contributed by atoms with Gasteiger partial charge in [0.05, 0.1) is 17.3 Å². The van der Waals surface area contributed by atoms with Gasteiger partial charge in [0.15, 0.2) is 0 Å². The minimum absolute atomic E-state index is 0.295. The lowest BCUT2D eigenvalue weighted by molar-refractivity contribution is -0.111. The Bertz CT molecular complexity index is 1350. The Morgan fingerprint density at radius 3 is 2.47 bits per heavy atom. The predicted molar refractivity (Wildman–Crippen MR) is 130 cm³/mol. The molecule has 0 saturated carbocycles. The fraction of sp³-hybridized carbons (Fsp3) is 0.0870. The fourth-order valence-corrected chi connectivity index (χ4v) is 4.57. The van der Waals surface area contributed by atoms with Gasteiger partial charge in [-0.3, -0.25) is 4.79 Å². The van der Waals surface area contributed by atoms with Crippen molar-refractivity contribution in [2.45, 2.75) is 6.92 Å². The van der Waals surface area contributed by atoms with E-state index in [-0.39, 0.29) is 11.7 Å². The highest BCUT2D eigenvalue weighted by atomic mass is 79.9. The van der Waals surface area contributed by atoms with Gasteiger partial charge in [0.25, 0.3) is 0 Å². The van der Waals surface area contributed by atoms with Crippen molar-refractivity contribution in [3.05, 3.63) is 80.5 Å². The van der Waals surface area contributed by atoms with Gasteiger partial charge >= 0.3 is 0 Å². The maximum absolute atomic E-state index is 13.2. The van der Waals surface area contributed by atoms with Crippen LogP contribution in [0.2, 0.25) is 0 Å². The second-order valence-electron chi connectivity index (χ2n) is 6.95. The molecule has 0 aliphatic rings. The molecule has 0 bridgehead atoms.